The number of Topliss-reactive ketones (excluding diaryl/α,β-unsaturated/α-hetero) is 1. The van der Waals surface area contributed by atoms with Gasteiger partial charge in [0.1, 0.15) is 6.10 Å². The largest absolute Gasteiger partial charge is 0.462 e. The van der Waals surface area contributed by atoms with E-state index in [1.54, 1.807) is 0 Å². The van der Waals surface area contributed by atoms with Crippen LogP contribution in [0.1, 0.15) is 72.3 Å². The highest BCUT2D eigenvalue weighted by Gasteiger charge is 2.42. The Morgan fingerprint density at radius 3 is 2.46 bits per heavy atom. The van der Waals surface area contributed by atoms with Gasteiger partial charge >= 0.3 is 5.97 Å². The number of allylic oxidation sites excluding steroid dienone is 1. The maximum atomic E-state index is 12.7. The molecule has 3 heteroatoms. The number of esters is 1. The number of rotatable bonds is 5. The zero-order valence-corrected chi connectivity index (χ0v) is 18.0. The number of ketones is 1. The Labute approximate surface area is 169 Å². The molecule has 1 fully saturated rings. The smallest absolute Gasteiger partial charge is 0.310 e. The van der Waals surface area contributed by atoms with Gasteiger partial charge in [-0.15, -0.1) is 0 Å². The molecule has 0 aliphatic heterocycles. The van der Waals surface area contributed by atoms with Crippen molar-refractivity contribution in [1.82, 2.24) is 0 Å². The maximum absolute atomic E-state index is 12.7. The Balaban J connectivity index is 1.73. The molecule has 0 bridgehead atoms. The Kier molecular flexibility index (Phi) is 5.84. The Bertz CT molecular complexity index is 757. The second-order valence-electron chi connectivity index (χ2n) is 9.96. The molecule has 3 unspecified atom stereocenters. The van der Waals surface area contributed by atoms with E-state index in [1.165, 1.54) is 5.56 Å². The number of ether oxygens (including phenoxy) is 1. The molecule has 3 atom stereocenters. The molecule has 0 N–H and O–H groups in total. The van der Waals surface area contributed by atoms with Crippen LogP contribution in [-0.4, -0.2) is 17.9 Å². The lowest BCUT2D eigenvalue weighted by Crippen LogP contribution is -2.43. The van der Waals surface area contributed by atoms with Gasteiger partial charge in [0.15, 0.2) is 5.78 Å². The highest BCUT2D eigenvalue weighted by atomic mass is 16.5. The quantitative estimate of drug-likeness (QED) is 0.620. The monoisotopic (exact) mass is 382 g/mol. The summed E-state index contributed by atoms with van der Waals surface area (Å²) in [4.78, 5) is 25.2. The molecule has 1 aromatic carbocycles. The van der Waals surface area contributed by atoms with Gasteiger partial charge in [0.25, 0.3) is 0 Å². The number of hydrogen-bond acceptors (Lipinski definition) is 3. The molecule has 0 heterocycles. The van der Waals surface area contributed by atoms with Crippen LogP contribution >= 0.6 is 0 Å². The van der Waals surface area contributed by atoms with Gasteiger partial charge in [0, 0.05) is 16.9 Å². The molecular weight excluding hydrogens is 348 g/mol. The first-order valence-corrected chi connectivity index (χ1v) is 10.6. The van der Waals surface area contributed by atoms with Gasteiger partial charge in [-0.2, -0.15) is 0 Å². The Morgan fingerprint density at radius 2 is 1.86 bits per heavy atom. The lowest BCUT2D eigenvalue weighted by molar-refractivity contribution is -0.156. The first kappa shape index (κ1) is 20.8. The summed E-state index contributed by atoms with van der Waals surface area (Å²) in [5.74, 6) is 0.652. The van der Waals surface area contributed by atoms with Gasteiger partial charge in [-0.1, -0.05) is 77.4 Å². The molecule has 0 aromatic heterocycles. The molecule has 1 saturated carbocycles. The summed E-state index contributed by atoms with van der Waals surface area (Å²) in [7, 11) is 0. The van der Waals surface area contributed by atoms with Crippen molar-refractivity contribution in [3.63, 3.8) is 0 Å². The number of benzene rings is 1. The molecule has 2 aliphatic rings. The number of carbonyl (C=O) groups is 2. The van der Waals surface area contributed by atoms with E-state index in [0.717, 1.165) is 19.3 Å². The lowest BCUT2D eigenvalue weighted by atomic mass is 9.64. The molecule has 3 nitrogen and oxygen atoms in total. The summed E-state index contributed by atoms with van der Waals surface area (Å²) in [6.45, 7) is 10.6. The van der Waals surface area contributed by atoms with Crippen molar-refractivity contribution in [1.29, 1.82) is 0 Å². The normalized spacial score (nSPS) is 27.4. The molecule has 0 amide bonds. The van der Waals surface area contributed by atoms with Gasteiger partial charge in [0.2, 0.25) is 0 Å². The molecule has 1 aromatic rings. The fraction of sp³-hybridized carbons (Fsp3) is 0.600. The van der Waals surface area contributed by atoms with E-state index >= 15 is 0 Å². The fourth-order valence-corrected chi connectivity index (χ4v) is 4.88. The van der Waals surface area contributed by atoms with Gasteiger partial charge in [0.05, 0.1) is 6.42 Å². The first-order valence-electron chi connectivity index (χ1n) is 10.6. The van der Waals surface area contributed by atoms with Crippen molar-refractivity contribution >= 4 is 11.8 Å². The van der Waals surface area contributed by atoms with E-state index in [-0.39, 0.29) is 41.0 Å². The Morgan fingerprint density at radius 1 is 1.18 bits per heavy atom. The lowest BCUT2D eigenvalue weighted by Gasteiger charge is -2.44. The van der Waals surface area contributed by atoms with E-state index < -0.39 is 0 Å². The van der Waals surface area contributed by atoms with Gasteiger partial charge < -0.3 is 4.74 Å². The van der Waals surface area contributed by atoms with Gasteiger partial charge in [-0.3, -0.25) is 9.59 Å². The van der Waals surface area contributed by atoms with E-state index in [0.29, 0.717) is 17.9 Å². The third kappa shape index (κ3) is 4.24. The molecule has 0 radical (unpaired) electrons. The van der Waals surface area contributed by atoms with Crippen molar-refractivity contribution in [2.45, 2.75) is 78.2 Å². The van der Waals surface area contributed by atoms with Crippen LogP contribution in [0.4, 0.5) is 0 Å². The molecule has 152 valence electrons. The highest BCUT2D eigenvalue weighted by molar-refractivity contribution is 6.04. The summed E-state index contributed by atoms with van der Waals surface area (Å²) >= 11 is 0. The topological polar surface area (TPSA) is 43.4 Å². The van der Waals surface area contributed by atoms with Crippen LogP contribution in [0.2, 0.25) is 0 Å². The molecule has 0 spiro atoms. The molecule has 28 heavy (non-hydrogen) atoms. The SMILES string of the molecule is CC1CCC(C(C)(C)c2ccccc2)C(OC(=O)CC2=CCC(C)(C)C2=O)C1. The third-order valence-corrected chi connectivity index (χ3v) is 6.88. The molecule has 3 rings (SSSR count). The zero-order valence-electron chi connectivity index (χ0n) is 18.0. The number of carbonyl (C=O) groups excluding carboxylic acids is 2. The van der Waals surface area contributed by atoms with Crippen LogP contribution in [0.5, 0.6) is 0 Å². The van der Waals surface area contributed by atoms with Gasteiger partial charge in [-0.25, -0.2) is 0 Å². The van der Waals surface area contributed by atoms with Crippen LogP contribution in [0.15, 0.2) is 42.0 Å². The van der Waals surface area contributed by atoms with Crippen molar-refractivity contribution in [2.75, 3.05) is 0 Å². The summed E-state index contributed by atoms with van der Waals surface area (Å²) in [5, 5.41) is 0. The average Bonchev–Trinajstić information content (AvgIpc) is 2.89. The van der Waals surface area contributed by atoms with Crippen LogP contribution in [0.3, 0.4) is 0 Å². The summed E-state index contributed by atoms with van der Waals surface area (Å²) < 4.78 is 6.03. The second-order valence-corrected chi connectivity index (χ2v) is 9.96. The summed E-state index contributed by atoms with van der Waals surface area (Å²) in [6.07, 6.45) is 5.73. The van der Waals surface area contributed by atoms with Gasteiger partial charge in [-0.05, 0) is 36.2 Å². The van der Waals surface area contributed by atoms with Crippen LogP contribution in [0, 0.1) is 17.3 Å². The van der Waals surface area contributed by atoms with Crippen molar-refractivity contribution in [3.05, 3.63) is 47.5 Å². The van der Waals surface area contributed by atoms with E-state index in [1.807, 2.05) is 26.0 Å². The minimum Gasteiger partial charge on any atom is -0.462 e. The summed E-state index contributed by atoms with van der Waals surface area (Å²) in [6, 6.07) is 10.5. The predicted molar refractivity (Wildman–Crippen MR) is 112 cm³/mol. The molecule has 0 saturated heterocycles. The first-order chi connectivity index (χ1) is 13.1. The van der Waals surface area contributed by atoms with E-state index in [9.17, 15) is 9.59 Å². The fourth-order valence-electron chi connectivity index (χ4n) is 4.88. The van der Waals surface area contributed by atoms with Crippen molar-refractivity contribution in [2.24, 2.45) is 17.3 Å². The van der Waals surface area contributed by atoms with Crippen LogP contribution < -0.4 is 0 Å². The van der Waals surface area contributed by atoms with Crippen LogP contribution in [-0.2, 0) is 19.7 Å². The average molecular weight is 383 g/mol. The summed E-state index contributed by atoms with van der Waals surface area (Å²) in [5.41, 5.74) is 1.45. The molecular formula is C25H34O3. The zero-order chi connectivity index (χ0) is 20.5. The van der Waals surface area contributed by atoms with Crippen molar-refractivity contribution < 1.29 is 14.3 Å². The number of hydrogen-bond donors (Lipinski definition) is 0. The van der Waals surface area contributed by atoms with Crippen LogP contribution in [0.25, 0.3) is 0 Å². The minimum absolute atomic E-state index is 0.0726. The standard InChI is InChI=1S/C25H34O3/c1-17-11-12-20(25(4,5)19-9-7-6-8-10-19)21(15-17)28-22(26)16-18-13-14-24(2,3)23(18)27/h6-10,13,17,20-21H,11-12,14-16H2,1-5H3. The third-order valence-electron chi connectivity index (χ3n) is 6.88. The Hall–Kier alpha value is -1.90. The molecule has 2 aliphatic carbocycles. The predicted octanol–water partition coefficient (Wildman–Crippen LogP) is 5.63. The van der Waals surface area contributed by atoms with E-state index in [4.69, 9.17) is 4.74 Å². The van der Waals surface area contributed by atoms with E-state index in [2.05, 4.69) is 45.0 Å². The van der Waals surface area contributed by atoms with Crippen molar-refractivity contribution in [3.8, 4) is 0 Å². The maximum Gasteiger partial charge on any atom is 0.310 e. The minimum atomic E-state index is -0.382. The second kappa shape index (κ2) is 7.85. The highest BCUT2D eigenvalue weighted by Crippen LogP contribution is 2.44.